The minimum Gasteiger partial charge on any atom is -0.477 e. The predicted octanol–water partition coefficient (Wildman–Crippen LogP) is 4.55. The summed E-state index contributed by atoms with van der Waals surface area (Å²) in [5.74, 6) is -2.11. The Bertz CT molecular complexity index is 1050. The van der Waals surface area contributed by atoms with Gasteiger partial charge in [0.1, 0.15) is 11.4 Å². The lowest BCUT2D eigenvalue weighted by Crippen LogP contribution is -2.19. The Morgan fingerprint density at radius 1 is 1.16 bits per heavy atom. The molecule has 0 amide bonds. The number of hydrogen-bond acceptors (Lipinski definition) is 4. The molecule has 3 rings (SSSR count). The molecule has 0 saturated heterocycles. The predicted molar refractivity (Wildman–Crippen MR) is 123 cm³/mol. The molecule has 0 fully saturated rings. The van der Waals surface area contributed by atoms with Gasteiger partial charge in [0.15, 0.2) is 5.78 Å². The van der Waals surface area contributed by atoms with Crippen LogP contribution in [0.3, 0.4) is 0 Å². The number of methoxy groups -OCH3 is 1. The third kappa shape index (κ3) is 5.71. The van der Waals surface area contributed by atoms with E-state index < -0.39 is 11.8 Å². The fourth-order valence-corrected chi connectivity index (χ4v) is 3.91. The second-order valence-electron chi connectivity index (χ2n) is 7.88. The zero-order valence-corrected chi connectivity index (χ0v) is 18.4. The highest BCUT2D eigenvalue weighted by molar-refractivity contribution is 6.22. The van der Waals surface area contributed by atoms with E-state index in [1.165, 1.54) is 24.4 Å². The molecule has 2 N–H and O–H groups in total. The van der Waals surface area contributed by atoms with Crippen LogP contribution in [0.5, 0.6) is 0 Å². The van der Waals surface area contributed by atoms with Crippen LogP contribution >= 0.6 is 0 Å². The minimum atomic E-state index is -1.26. The highest BCUT2D eigenvalue weighted by Gasteiger charge is 2.19. The molecule has 0 bridgehead atoms. The Morgan fingerprint density at radius 3 is 2.59 bits per heavy atom. The van der Waals surface area contributed by atoms with Crippen LogP contribution < -0.4 is 5.32 Å². The highest BCUT2D eigenvalue weighted by Crippen LogP contribution is 2.32. The second kappa shape index (κ2) is 10.9. The molecule has 0 aliphatic carbocycles. The molecule has 1 heterocycles. The summed E-state index contributed by atoms with van der Waals surface area (Å²) in [5.41, 5.74) is 5.43. The van der Waals surface area contributed by atoms with Crippen molar-refractivity contribution in [1.82, 2.24) is 5.32 Å². The number of carbonyl (C=O) groups is 2. The quantitative estimate of drug-likeness (QED) is 0.491. The Kier molecular flexibility index (Phi) is 7.95. The number of aliphatic carboxylic acids is 1. The number of rotatable bonds is 7. The first-order chi connectivity index (χ1) is 15.4. The van der Waals surface area contributed by atoms with Gasteiger partial charge in [0, 0.05) is 26.5 Å². The Hall–Kier alpha value is -3.25. The molecular weight excluding hydrogens is 409 g/mol. The van der Waals surface area contributed by atoms with E-state index in [0.717, 1.165) is 47.1 Å². The molecule has 1 aliphatic heterocycles. The van der Waals surface area contributed by atoms with Crippen LogP contribution in [0.1, 0.15) is 36.5 Å². The maximum absolute atomic E-state index is 13.5. The number of halogens is 1. The van der Waals surface area contributed by atoms with E-state index in [2.05, 4.69) is 11.4 Å². The molecule has 6 heteroatoms. The maximum Gasteiger partial charge on any atom is 0.341 e. The summed E-state index contributed by atoms with van der Waals surface area (Å²) in [5, 5.41) is 12.3. The topological polar surface area (TPSA) is 75.6 Å². The number of aryl methyl sites for hydroxylation is 1. The summed E-state index contributed by atoms with van der Waals surface area (Å²) in [4.78, 5) is 24.0. The number of ether oxygens (including phenoxy) is 1. The lowest BCUT2D eigenvalue weighted by atomic mass is 9.87. The minimum absolute atomic E-state index is 0.290. The average molecular weight is 438 g/mol. The first-order valence-electron chi connectivity index (χ1n) is 10.7. The summed E-state index contributed by atoms with van der Waals surface area (Å²) >= 11 is 0. The van der Waals surface area contributed by atoms with Gasteiger partial charge in [-0.2, -0.15) is 0 Å². The molecule has 2 aromatic rings. The molecule has 168 valence electrons. The molecule has 0 unspecified atom stereocenters. The first-order valence-corrected chi connectivity index (χ1v) is 10.7. The highest BCUT2D eigenvalue weighted by atomic mass is 19.1. The van der Waals surface area contributed by atoms with Gasteiger partial charge < -0.3 is 15.2 Å². The normalized spacial score (nSPS) is 17.4. The van der Waals surface area contributed by atoms with Crippen molar-refractivity contribution in [3.63, 3.8) is 0 Å². The van der Waals surface area contributed by atoms with Crippen molar-refractivity contribution >= 4 is 17.3 Å². The molecule has 0 radical (unpaired) electrons. The number of fused-ring (bicyclic) bond motifs is 1. The standard InChI is InChI=1S/C26H28FNO4/c1-17-13-25(29)24(26(30)31)16-28-11-10-20-14-19(5-3-4-12-32-2)23(15-22(17)20)18-6-8-21(27)9-7-18/h6-9,13-16,28H,3-5,10-12H2,1-2H3,(H,30,31)/b17-13+,24-16+. The summed E-state index contributed by atoms with van der Waals surface area (Å²) in [7, 11) is 1.69. The van der Waals surface area contributed by atoms with E-state index in [4.69, 9.17) is 4.74 Å². The van der Waals surface area contributed by atoms with E-state index in [9.17, 15) is 19.1 Å². The van der Waals surface area contributed by atoms with E-state index in [-0.39, 0.29) is 11.4 Å². The van der Waals surface area contributed by atoms with Crippen molar-refractivity contribution in [2.75, 3.05) is 20.3 Å². The number of allylic oxidation sites excluding steroid dienone is 2. The molecule has 0 spiro atoms. The summed E-state index contributed by atoms with van der Waals surface area (Å²) < 4.78 is 18.7. The molecular formula is C26H28FNO4. The number of hydrogen-bond donors (Lipinski definition) is 2. The lowest BCUT2D eigenvalue weighted by molar-refractivity contribution is -0.134. The van der Waals surface area contributed by atoms with Gasteiger partial charge >= 0.3 is 5.97 Å². The Balaban J connectivity index is 2.09. The average Bonchev–Trinajstić information content (AvgIpc) is 2.76. The van der Waals surface area contributed by atoms with E-state index in [1.54, 1.807) is 19.2 Å². The van der Waals surface area contributed by atoms with Gasteiger partial charge in [0.05, 0.1) is 0 Å². The summed E-state index contributed by atoms with van der Waals surface area (Å²) in [6, 6.07) is 10.6. The molecule has 1 aliphatic rings. The zero-order valence-electron chi connectivity index (χ0n) is 18.4. The van der Waals surface area contributed by atoms with E-state index in [1.807, 2.05) is 13.0 Å². The van der Waals surface area contributed by atoms with Gasteiger partial charge in [-0.25, -0.2) is 9.18 Å². The molecule has 2 aromatic carbocycles. The third-order valence-electron chi connectivity index (χ3n) is 5.58. The van der Waals surface area contributed by atoms with E-state index >= 15 is 0 Å². The van der Waals surface area contributed by atoms with Crippen molar-refractivity contribution in [2.45, 2.75) is 32.6 Å². The van der Waals surface area contributed by atoms with Gasteiger partial charge in [0.2, 0.25) is 0 Å². The van der Waals surface area contributed by atoms with Crippen LogP contribution in [0.25, 0.3) is 16.7 Å². The lowest BCUT2D eigenvalue weighted by Gasteiger charge is -2.19. The maximum atomic E-state index is 13.5. The number of unbranched alkanes of at least 4 members (excludes halogenated alkanes) is 1. The number of ketones is 1. The van der Waals surface area contributed by atoms with Crippen LogP contribution in [0, 0.1) is 5.82 Å². The molecule has 0 aromatic heterocycles. The fraction of sp³-hybridized carbons (Fsp3) is 0.308. The van der Waals surface area contributed by atoms with E-state index in [0.29, 0.717) is 25.1 Å². The van der Waals surface area contributed by atoms with Crippen LogP contribution in [-0.4, -0.2) is 37.1 Å². The van der Waals surface area contributed by atoms with Crippen molar-refractivity contribution in [1.29, 1.82) is 0 Å². The summed E-state index contributed by atoms with van der Waals surface area (Å²) in [6.45, 7) is 3.02. The number of carboxylic acid groups (broad SMARTS) is 1. The summed E-state index contributed by atoms with van der Waals surface area (Å²) in [6.07, 6.45) is 6.07. The SMILES string of the molecule is COCCCCc1cc2c(cc1-c1ccc(F)cc1)/C(C)=C/C(=O)/C(C(=O)O)=C\NCC2. The Morgan fingerprint density at radius 2 is 1.91 bits per heavy atom. The Labute approximate surface area is 187 Å². The van der Waals surface area contributed by atoms with Gasteiger partial charge in [0.25, 0.3) is 0 Å². The first kappa shape index (κ1) is 23.4. The van der Waals surface area contributed by atoms with Crippen molar-refractivity contribution in [2.24, 2.45) is 0 Å². The van der Waals surface area contributed by atoms with Crippen molar-refractivity contribution in [3.8, 4) is 11.1 Å². The number of carbonyl (C=O) groups excluding carboxylic acids is 1. The zero-order chi connectivity index (χ0) is 23.1. The molecule has 0 atom stereocenters. The fourth-order valence-electron chi connectivity index (χ4n) is 3.91. The van der Waals surface area contributed by atoms with Crippen LogP contribution in [0.2, 0.25) is 0 Å². The smallest absolute Gasteiger partial charge is 0.341 e. The van der Waals surface area contributed by atoms with Crippen LogP contribution in [0.4, 0.5) is 4.39 Å². The second-order valence-corrected chi connectivity index (χ2v) is 7.88. The number of carboxylic acids is 1. The third-order valence-corrected chi connectivity index (χ3v) is 5.58. The van der Waals surface area contributed by atoms with Crippen LogP contribution in [0.15, 0.2) is 54.2 Å². The van der Waals surface area contributed by atoms with Gasteiger partial charge in [-0.15, -0.1) is 0 Å². The monoisotopic (exact) mass is 437 g/mol. The van der Waals surface area contributed by atoms with Crippen molar-refractivity contribution in [3.05, 3.63) is 76.8 Å². The van der Waals surface area contributed by atoms with Gasteiger partial charge in [-0.05, 0) is 90.3 Å². The van der Waals surface area contributed by atoms with Gasteiger partial charge in [-0.3, -0.25) is 4.79 Å². The molecule has 5 nitrogen and oxygen atoms in total. The molecule has 32 heavy (non-hydrogen) atoms. The van der Waals surface area contributed by atoms with Crippen molar-refractivity contribution < 1.29 is 23.8 Å². The number of nitrogens with one attached hydrogen (secondary N) is 1. The largest absolute Gasteiger partial charge is 0.477 e. The van der Waals surface area contributed by atoms with Crippen LogP contribution in [-0.2, 0) is 27.2 Å². The van der Waals surface area contributed by atoms with Gasteiger partial charge in [-0.1, -0.05) is 18.2 Å². The number of benzene rings is 2. The molecule has 0 saturated carbocycles.